The van der Waals surface area contributed by atoms with Gasteiger partial charge in [-0.3, -0.25) is 0 Å². The van der Waals surface area contributed by atoms with Crippen LogP contribution >= 0.6 is 0 Å². The summed E-state index contributed by atoms with van der Waals surface area (Å²) >= 11 is 0. The molecule has 0 aromatic carbocycles. The Morgan fingerprint density at radius 1 is 0.571 bits per heavy atom. The van der Waals surface area contributed by atoms with Crippen LogP contribution < -0.4 is 0 Å². The van der Waals surface area contributed by atoms with Gasteiger partial charge in [-0.2, -0.15) is 0 Å². The SMILES string of the molecule is [Bi+3].[Cu+2].[O-2].[O-2].[O-2].[O-2].[Y+3]. The molecular formula is BiCuO4Y. The van der Waals surface area contributed by atoms with E-state index in [1.165, 1.54) is 0 Å². The van der Waals surface area contributed by atoms with Crippen LogP contribution in [0.1, 0.15) is 0 Å². The van der Waals surface area contributed by atoms with Crippen LogP contribution in [0.15, 0.2) is 0 Å². The van der Waals surface area contributed by atoms with Crippen LogP contribution in [0.3, 0.4) is 0 Å². The maximum absolute atomic E-state index is 0. The maximum Gasteiger partial charge on any atom is 3.00 e. The molecule has 7 heavy (non-hydrogen) atoms. The summed E-state index contributed by atoms with van der Waals surface area (Å²) in [5, 5.41) is 0. The fraction of sp³-hybridized carbons (Fsp3) is 0. The molecule has 43 valence electrons. The first kappa shape index (κ1) is 118. The molecule has 0 fully saturated rings. The normalized spacial score (nSPS) is 0. The van der Waals surface area contributed by atoms with E-state index in [1.807, 2.05) is 0 Å². The van der Waals surface area contributed by atoms with Gasteiger partial charge in [0.2, 0.25) is 0 Å². The molecule has 3 radical (unpaired) electrons. The van der Waals surface area contributed by atoms with Crippen LogP contribution in [-0.2, 0) is 71.7 Å². The molecule has 0 amide bonds. The minimum absolute atomic E-state index is 0. The molecule has 0 aliphatic rings. The zero-order valence-electron chi connectivity index (χ0n) is 2.96. The zero-order chi connectivity index (χ0) is 0. The smallest absolute Gasteiger partial charge is 2.00 e. The molecule has 7 heteroatoms. The van der Waals surface area contributed by atoms with Crippen molar-refractivity contribution in [3.05, 3.63) is 0 Å². The van der Waals surface area contributed by atoms with Crippen LogP contribution in [0.5, 0.6) is 0 Å². The van der Waals surface area contributed by atoms with Crippen molar-refractivity contribution in [1.29, 1.82) is 0 Å². The third-order valence-corrected chi connectivity index (χ3v) is 0. The first-order chi connectivity index (χ1) is 0. The first-order valence-electron chi connectivity index (χ1n) is 0. The molecule has 0 spiro atoms. The fourth-order valence-corrected chi connectivity index (χ4v) is 0. The van der Waals surface area contributed by atoms with E-state index in [2.05, 4.69) is 0 Å². The molecule has 0 aliphatic carbocycles. The monoisotopic (exact) mass is 425 g/mol. The molecule has 0 unspecified atom stereocenters. The van der Waals surface area contributed by atoms with Gasteiger partial charge in [0.05, 0.1) is 0 Å². The van der Waals surface area contributed by atoms with Gasteiger partial charge in [0, 0.05) is 0 Å². The van der Waals surface area contributed by atoms with Gasteiger partial charge in [0.1, 0.15) is 0 Å². The van der Waals surface area contributed by atoms with E-state index in [0.29, 0.717) is 0 Å². The second-order valence-corrected chi connectivity index (χ2v) is 0. The first-order valence-corrected chi connectivity index (χ1v) is 0. The predicted molar refractivity (Wildman–Crippen MR) is 8.50 cm³/mol. The van der Waals surface area contributed by atoms with E-state index in [-0.39, 0.29) is 97.9 Å². The Kier molecular flexibility index (Phi) is 1380. The van der Waals surface area contributed by atoms with Gasteiger partial charge in [-0.25, -0.2) is 0 Å². The summed E-state index contributed by atoms with van der Waals surface area (Å²) in [6, 6.07) is 0. The Bertz CT molecular complexity index is 11.7. The number of hydrogen-bond acceptors (Lipinski definition) is 0. The van der Waals surface area contributed by atoms with Crippen LogP contribution in [-0.4, -0.2) is 26.2 Å². The predicted octanol–water partition coefficient (Wildman–Crippen LogP) is -0.861. The number of rotatable bonds is 0. The van der Waals surface area contributed by atoms with Crippen LogP contribution in [0.2, 0.25) is 0 Å². The standard InChI is InChI=1S/Bi.Cu.4O.Y/q+3;+2;4*-2;+3. The summed E-state index contributed by atoms with van der Waals surface area (Å²) in [6.45, 7) is 0. The van der Waals surface area contributed by atoms with Crippen LogP contribution in [0.25, 0.3) is 0 Å². The van der Waals surface area contributed by atoms with Crippen molar-refractivity contribution in [2.45, 2.75) is 0 Å². The Morgan fingerprint density at radius 3 is 0.571 bits per heavy atom. The van der Waals surface area contributed by atoms with Crippen molar-refractivity contribution in [3.63, 3.8) is 0 Å². The van der Waals surface area contributed by atoms with Gasteiger partial charge >= 0.3 is 76.0 Å². The van der Waals surface area contributed by atoms with Crippen molar-refractivity contribution in [3.8, 4) is 0 Å². The van der Waals surface area contributed by atoms with Gasteiger partial charge in [-0.05, 0) is 0 Å². The third-order valence-electron chi connectivity index (χ3n) is 0. The van der Waals surface area contributed by atoms with Gasteiger partial charge in [-0.1, -0.05) is 0 Å². The molecule has 4 nitrogen and oxygen atoms in total. The second-order valence-electron chi connectivity index (χ2n) is 0. The Hall–Kier alpha value is 2.35. The van der Waals surface area contributed by atoms with E-state index >= 15 is 0 Å². The summed E-state index contributed by atoms with van der Waals surface area (Å²) in [6.07, 6.45) is 0. The van der Waals surface area contributed by atoms with Gasteiger partial charge in [0.25, 0.3) is 0 Å². The molecule has 0 atom stereocenters. The van der Waals surface area contributed by atoms with Crippen molar-refractivity contribution < 1.29 is 71.7 Å². The van der Waals surface area contributed by atoms with Crippen molar-refractivity contribution in [2.75, 3.05) is 0 Å². The molecule has 0 aromatic heterocycles. The fourth-order valence-electron chi connectivity index (χ4n) is 0. The van der Waals surface area contributed by atoms with E-state index in [1.54, 1.807) is 0 Å². The van der Waals surface area contributed by atoms with Crippen molar-refractivity contribution in [1.82, 2.24) is 0 Å². The molecule has 0 aromatic rings. The Morgan fingerprint density at radius 2 is 0.571 bits per heavy atom. The van der Waals surface area contributed by atoms with Crippen molar-refractivity contribution in [2.24, 2.45) is 0 Å². The van der Waals surface area contributed by atoms with E-state index in [4.69, 9.17) is 0 Å². The Balaban J connectivity index is 0. The molecular weight excluding hydrogens is 425 g/mol. The Labute approximate surface area is 96.5 Å². The summed E-state index contributed by atoms with van der Waals surface area (Å²) < 4.78 is 0. The quantitative estimate of drug-likeness (QED) is 0.450. The zero-order valence-corrected chi connectivity index (χ0v) is 10.2. The molecule has 0 heterocycles. The molecule has 0 bridgehead atoms. The average Bonchev–Trinajstić information content (AvgIpc) is 0. The molecule has 0 saturated carbocycles. The minimum atomic E-state index is 0. The van der Waals surface area contributed by atoms with E-state index < -0.39 is 0 Å². The topological polar surface area (TPSA) is 114 Å². The van der Waals surface area contributed by atoms with Crippen LogP contribution in [0.4, 0.5) is 0 Å². The summed E-state index contributed by atoms with van der Waals surface area (Å²) in [7, 11) is 0. The molecule has 0 aliphatic heterocycles. The average molecular weight is 425 g/mol. The van der Waals surface area contributed by atoms with Gasteiger partial charge in [0.15, 0.2) is 0 Å². The summed E-state index contributed by atoms with van der Waals surface area (Å²) in [5.41, 5.74) is 0. The van der Waals surface area contributed by atoms with Gasteiger partial charge < -0.3 is 21.9 Å². The van der Waals surface area contributed by atoms with E-state index in [0.717, 1.165) is 0 Å². The largest absolute Gasteiger partial charge is 3.00 e. The third kappa shape index (κ3) is 61.1. The summed E-state index contributed by atoms with van der Waals surface area (Å²) in [4.78, 5) is 0. The molecule has 0 N–H and O–H groups in total. The maximum atomic E-state index is 0. The van der Waals surface area contributed by atoms with E-state index in [9.17, 15) is 0 Å². The molecule has 0 rings (SSSR count). The van der Waals surface area contributed by atoms with Crippen LogP contribution in [0, 0.1) is 0 Å². The minimum Gasteiger partial charge on any atom is -2.00 e. The number of hydrogen-bond donors (Lipinski definition) is 0. The van der Waals surface area contributed by atoms with Gasteiger partial charge in [-0.15, -0.1) is 0 Å². The second kappa shape index (κ2) is 81.8. The van der Waals surface area contributed by atoms with Crippen molar-refractivity contribution >= 4 is 26.2 Å². The summed E-state index contributed by atoms with van der Waals surface area (Å²) in [5.74, 6) is 0. The molecule has 0 saturated heterocycles.